The fourth-order valence-electron chi connectivity index (χ4n) is 2.59. The highest BCUT2D eigenvalue weighted by Crippen LogP contribution is 2.36. The van der Waals surface area contributed by atoms with Gasteiger partial charge in [0.2, 0.25) is 10.0 Å². The van der Waals surface area contributed by atoms with Crippen molar-refractivity contribution in [1.82, 2.24) is 10.2 Å². The molecule has 2 aromatic carbocycles. The first-order chi connectivity index (χ1) is 12.1. The maximum absolute atomic E-state index is 12.8. The number of aryl methyl sites for hydroxylation is 1. The number of hydrogen-bond donors (Lipinski definition) is 2. The number of rotatable bonds is 3. The van der Waals surface area contributed by atoms with Crippen LogP contribution in [-0.2, 0) is 16.2 Å². The molecule has 1 radical (unpaired) electrons. The molecule has 26 heavy (non-hydrogen) atoms. The van der Waals surface area contributed by atoms with Crippen LogP contribution in [-0.4, -0.2) is 18.6 Å². The summed E-state index contributed by atoms with van der Waals surface area (Å²) in [6.45, 7) is 1.79. The number of aromatic nitrogens is 2. The van der Waals surface area contributed by atoms with Crippen molar-refractivity contribution < 1.29 is 21.6 Å². The molecule has 1 aromatic heterocycles. The normalized spacial score (nSPS) is 12.3. The Morgan fingerprint density at radius 3 is 2.35 bits per heavy atom. The minimum Gasteiger partial charge on any atom is -0.277 e. The van der Waals surface area contributed by atoms with Crippen LogP contribution in [0.25, 0.3) is 22.4 Å². The van der Waals surface area contributed by atoms with Crippen LogP contribution in [0.5, 0.6) is 0 Å². The molecule has 3 N–H and O–H groups in total. The number of alkyl halides is 3. The summed E-state index contributed by atoms with van der Waals surface area (Å²) in [7, 11) is -3.84. The molecule has 135 valence electrons. The largest absolute Gasteiger partial charge is 0.435 e. The molecule has 5 nitrogen and oxygen atoms in total. The predicted molar refractivity (Wildman–Crippen MR) is 89.4 cm³/mol. The van der Waals surface area contributed by atoms with Crippen LogP contribution in [0.2, 0.25) is 0 Å². The van der Waals surface area contributed by atoms with E-state index in [0.29, 0.717) is 16.7 Å². The van der Waals surface area contributed by atoms with Gasteiger partial charge in [0.1, 0.15) is 0 Å². The lowest BCUT2D eigenvalue weighted by molar-refractivity contribution is -0.141. The Bertz CT molecular complexity index is 1060. The summed E-state index contributed by atoms with van der Waals surface area (Å²) in [5.41, 5.74) is 1.54. The molecule has 9 heteroatoms. The smallest absolute Gasteiger partial charge is 0.277 e. The van der Waals surface area contributed by atoms with Crippen LogP contribution in [0, 0.1) is 13.0 Å². The summed E-state index contributed by atoms with van der Waals surface area (Å²) in [4.78, 5) is -0.0544. The number of nitrogens with one attached hydrogen (secondary N) is 1. The van der Waals surface area contributed by atoms with Gasteiger partial charge in [-0.1, -0.05) is 24.3 Å². The van der Waals surface area contributed by atoms with Crippen molar-refractivity contribution in [1.29, 1.82) is 0 Å². The van der Waals surface area contributed by atoms with Gasteiger partial charge < -0.3 is 0 Å². The van der Waals surface area contributed by atoms with E-state index in [1.807, 2.05) is 0 Å². The molecule has 3 rings (SSSR count). The van der Waals surface area contributed by atoms with Crippen LogP contribution < -0.4 is 5.14 Å². The van der Waals surface area contributed by atoms with Gasteiger partial charge in [0, 0.05) is 5.56 Å². The molecule has 0 aliphatic heterocycles. The maximum atomic E-state index is 12.8. The first-order valence-corrected chi connectivity index (χ1v) is 8.89. The van der Waals surface area contributed by atoms with E-state index in [1.54, 1.807) is 31.2 Å². The van der Waals surface area contributed by atoms with Gasteiger partial charge in [-0.15, -0.1) is 0 Å². The highest BCUT2D eigenvalue weighted by molar-refractivity contribution is 7.89. The van der Waals surface area contributed by atoms with Gasteiger partial charge in [-0.2, -0.15) is 18.3 Å². The second kappa shape index (κ2) is 6.26. The van der Waals surface area contributed by atoms with Crippen LogP contribution in [0.15, 0.2) is 47.4 Å². The van der Waals surface area contributed by atoms with Gasteiger partial charge in [-0.05, 0) is 47.9 Å². The molecule has 0 bridgehead atoms. The fraction of sp³-hybridized carbons (Fsp3) is 0.118. The third-order valence-corrected chi connectivity index (χ3v) is 4.74. The second-order valence-corrected chi connectivity index (χ2v) is 7.21. The molecule has 0 aliphatic carbocycles. The van der Waals surface area contributed by atoms with E-state index in [-0.39, 0.29) is 10.6 Å². The van der Waals surface area contributed by atoms with Crippen LogP contribution >= 0.6 is 0 Å². The number of H-pyrrole nitrogens is 1. The summed E-state index contributed by atoms with van der Waals surface area (Å²) < 4.78 is 61.2. The number of primary sulfonamides is 1. The first-order valence-electron chi connectivity index (χ1n) is 7.35. The standard InChI is InChI=1S/C17H13F3N3O2S/c1-10-3-2-4-13(14-9-15(23-22-14)17(18,19)20)16(10)11-5-7-12(8-6-11)26(21,24)25/h2-3,5-9H,1H3,(H,22,23)(H2,21,24,25). The van der Waals surface area contributed by atoms with E-state index in [1.165, 1.54) is 12.1 Å². The number of nitrogens with two attached hydrogens (primary N) is 1. The molecule has 0 amide bonds. The predicted octanol–water partition coefficient (Wildman–Crippen LogP) is 3.52. The van der Waals surface area contributed by atoms with E-state index >= 15 is 0 Å². The van der Waals surface area contributed by atoms with Crippen molar-refractivity contribution in [3.63, 3.8) is 0 Å². The first kappa shape index (κ1) is 18.2. The van der Waals surface area contributed by atoms with Crippen molar-refractivity contribution in [3.05, 3.63) is 59.8 Å². The Labute approximate surface area is 147 Å². The zero-order valence-electron chi connectivity index (χ0n) is 13.4. The monoisotopic (exact) mass is 380 g/mol. The lowest BCUT2D eigenvalue weighted by Gasteiger charge is -2.12. The number of nitrogens with zero attached hydrogens (tertiary/aromatic N) is 1. The number of halogens is 3. The molecule has 0 saturated carbocycles. The molecular formula is C17H13F3N3O2S. The molecule has 0 fully saturated rings. The van der Waals surface area contributed by atoms with Gasteiger partial charge >= 0.3 is 6.18 Å². The van der Waals surface area contributed by atoms with Crippen molar-refractivity contribution in [2.45, 2.75) is 18.0 Å². The molecule has 0 saturated heterocycles. The molecule has 0 spiro atoms. The molecule has 0 aliphatic rings. The SMILES string of the molecule is Cc1cc[c]c(-c2cc(C(F)(F)F)n[nH]2)c1-c1ccc(S(N)(=O)=O)cc1. The fourth-order valence-corrected chi connectivity index (χ4v) is 3.11. The maximum Gasteiger partial charge on any atom is 0.435 e. The zero-order chi connectivity index (χ0) is 19.1. The van der Waals surface area contributed by atoms with Crippen molar-refractivity contribution in [2.75, 3.05) is 0 Å². The highest BCUT2D eigenvalue weighted by Gasteiger charge is 2.34. The number of aromatic amines is 1. The van der Waals surface area contributed by atoms with E-state index in [2.05, 4.69) is 16.3 Å². The number of sulfonamides is 1. The third kappa shape index (κ3) is 3.49. The van der Waals surface area contributed by atoms with E-state index in [0.717, 1.165) is 11.6 Å². The van der Waals surface area contributed by atoms with Crippen LogP contribution in [0.3, 0.4) is 0 Å². The minimum atomic E-state index is -4.56. The van der Waals surface area contributed by atoms with Crippen molar-refractivity contribution >= 4 is 10.0 Å². The van der Waals surface area contributed by atoms with Gasteiger partial charge in [0.25, 0.3) is 0 Å². The molecule has 0 unspecified atom stereocenters. The number of hydrogen-bond acceptors (Lipinski definition) is 3. The molecule has 1 heterocycles. The summed E-state index contributed by atoms with van der Waals surface area (Å²) in [5, 5.41) is 10.8. The topological polar surface area (TPSA) is 88.8 Å². The summed E-state index contributed by atoms with van der Waals surface area (Å²) in [6, 6.07) is 13.0. The Balaban J connectivity index is 2.13. The summed E-state index contributed by atoms with van der Waals surface area (Å²) >= 11 is 0. The third-order valence-electron chi connectivity index (χ3n) is 3.81. The summed E-state index contributed by atoms with van der Waals surface area (Å²) in [6.07, 6.45) is -4.56. The van der Waals surface area contributed by atoms with Gasteiger partial charge in [-0.25, -0.2) is 13.6 Å². The van der Waals surface area contributed by atoms with Crippen molar-refractivity contribution in [3.8, 4) is 22.4 Å². The highest BCUT2D eigenvalue weighted by atomic mass is 32.2. The Morgan fingerprint density at radius 2 is 1.81 bits per heavy atom. The quantitative estimate of drug-likeness (QED) is 0.729. The Hall–Kier alpha value is -2.65. The molecule has 0 atom stereocenters. The van der Waals surface area contributed by atoms with Crippen molar-refractivity contribution in [2.24, 2.45) is 5.14 Å². The van der Waals surface area contributed by atoms with Crippen LogP contribution in [0.4, 0.5) is 13.2 Å². The zero-order valence-corrected chi connectivity index (χ0v) is 14.2. The van der Waals surface area contributed by atoms with E-state index < -0.39 is 21.9 Å². The lowest BCUT2D eigenvalue weighted by atomic mass is 9.93. The average molecular weight is 380 g/mol. The second-order valence-electron chi connectivity index (χ2n) is 5.64. The average Bonchev–Trinajstić information content (AvgIpc) is 3.04. The molecular weight excluding hydrogens is 367 g/mol. The Kier molecular flexibility index (Phi) is 4.37. The lowest BCUT2D eigenvalue weighted by Crippen LogP contribution is -2.11. The molecule has 3 aromatic rings. The Morgan fingerprint density at radius 1 is 1.15 bits per heavy atom. The van der Waals surface area contributed by atoms with E-state index in [9.17, 15) is 21.6 Å². The van der Waals surface area contributed by atoms with Gasteiger partial charge in [-0.3, -0.25) is 5.10 Å². The minimum absolute atomic E-state index is 0.0544. The van der Waals surface area contributed by atoms with Crippen LogP contribution in [0.1, 0.15) is 11.3 Å². The van der Waals surface area contributed by atoms with Gasteiger partial charge in [0.05, 0.1) is 10.6 Å². The van der Waals surface area contributed by atoms with Gasteiger partial charge in [0.15, 0.2) is 5.69 Å². The van der Waals surface area contributed by atoms with E-state index in [4.69, 9.17) is 5.14 Å². The number of benzene rings is 2. The summed E-state index contributed by atoms with van der Waals surface area (Å²) in [5.74, 6) is 0.